The van der Waals surface area contributed by atoms with Crippen LogP contribution in [0.1, 0.15) is 22.7 Å². The van der Waals surface area contributed by atoms with Crippen molar-refractivity contribution in [3.8, 4) is 0 Å². The van der Waals surface area contributed by atoms with Crippen LogP contribution < -0.4 is 5.32 Å². The second-order valence-corrected chi connectivity index (χ2v) is 4.98. The molecule has 0 amide bonds. The van der Waals surface area contributed by atoms with E-state index < -0.39 is 5.97 Å². The summed E-state index contributed by atoms with van der Waals surface area (Å²) in [6, 6.07) is 7.72. The van der Waals surface area contributed by atoms with Gasteiger partial charge in [-0.1, -0.05) is 23.8 Å². The molecule has 20 heavy (non-hydrogen) atoms. The Balaban J connectivity index is 2.14. The first kappa shape index (κ1) is 12.5. The van der Waals surface area contributed by atoms with E-state index in [4.69, 9.17) is 0 Å². The van der Waals surface area contributed by atoms with Crippen molar-refractivity contribution >= 4 is 11.8 Å². The summed E-state index contributed by atoms with van der Waals surface area (Å²) < 4.78 is 1.80. The van der Waals surface area contributed by atoms with Gasteiger partial charge < -0.3 is 10.4 Å². The van der Waals surface area contributed by atoms with E-state index in [1.54, 1.807) is 23.0 Å². The maximum Gasteiger partial charge on any atom is 0.352 e. The molecule has 3 rings (SSSR count). The van der Waals surface area contributed by atoms with Crippen LogP contribution in [0.5, 0.6) is 0 Å². The normalized spacial score (nSPS) is 17.1. The van der Waals surface area contributed by atoms with Crippen LogP contribution in [-0.2, 0) is 4.79 Å². The highest BCUT2D eigenvalue weighted by molar-refractivity contribution is 5.90. The van der Waals surface area contributed by atoms with Crippen LogP contribution in [0.25, 0.3) is 0 Å². The molecular weight excluding hydrogens is 254 g/mol. The molecule has 2 aromatic rings. The van der Waals surface area contributed by atoms with Gasteiger partial charge >= 0.3 is 5.97 Å². The number of rotatable bonds is 2. The average molecular weight is 269 g/mol. The van der Waals surface area contributed by atoms with Crippen LogP contribution in [0.3, 0.4) is 0 Å². The van der Waals surface area contributed by atoms with E-state index in [0.29, 0.717) is 5.82 Å². The number of carboxylic acid groups (broad SMARTS) is 1. The summed E-state index contributed by atoms with van der Waals surface area (Å²) in [5.74, 6) is -0.276. The van der Waals surface area contributed by atoms with Crippen molar-refractivity contribution in [3.63, 3.8) is 0 Å². The van der Waals surface area contributed by atoms with Crippen molar-refractivity contribution in [1.82, 2.24) is 9.78 Å². The smallest absolute Gasteiger partial charge is 0.352 e. The summed E-state index contributed by atoms with van der Waals surface area (Å²) in [7, 11) is 0. The molecule has 102 valence electrons. The molecule has 0 spiro atoms. The number of aromatic nitrogens is 2. The van der Waals surface area contributed by atoms with E-state index in [0.717, 1.165) is 11.1 Å². The quantitative estimate of drug-likeness (QED) is 0.879. The lowest BCUT2D eigenvalue weighted by molar-refractivity contribution is -0.132. The van der Waals surface area contributed by atoms with Gasteiger partial charge in [-0.15, -0.1) is 0 Å². The minimum Gasteiger partial charge on any atom is -0.477 e. The largest absolute Gasteiger partial charge is 0.477 e. The molecule has 0 saturated carbocycles. The number of nitrogens with one attached hydrogen (secondary N) is 1. The van der Waals surface area contributed by atoms with Crippen molar-refractivity contribution < 1.29 is 9.90 Å². The molecule has 1 aliphatic rings. The van der Waals surface area contributed by atoms with Crippen LogP contribution in [0.15, 0.2) is 42.2 Å². The molecule has 2 heterocycles. The highest BCUT2D eigenvalue weighted by atomic mass is 16.4. The van der Waals surface area contributed by atoms with Gasteiger partial charge in [0.05, 0.1) is 6.20 Å². The number of hydrogen-bond donors (Lipinski definition) is 2. The Morgan fingerprint density at radius 3 is 2.85 bits per heavy atom. The second-order valence-electron chi connectivity index (χ2n) is 4.98. The Hall–Kier alpha value is -2.56. The number of allylic oxidation sites excluding steroid dienone is 1. The molecule has 0 fully saturated rings. The number of aryl methyl sites for hydroxylation is 2. The number of benzene rings is 1. The van der Waals surface area contributed by atoms with Gasteiger partial charge in [0.15, 0.2) is 0 Å². The van der Waals surface area contributed by atoms with Crippen LogP contribution in [-0.4, -0.2) is 20.9 Å². The number of anilines is 1. The van der Waals surface area contributed by atoms with Crippen LogP contribution in [0.2, 0.25) is 0 Å². The molecule has 0 bridgehead atoms. The van der Waals surface area contributed by atoms with Crippen molar-refractivity contribution in [2.75, 3.05) is 5.32 Å². The molecule has 0 saturated heterocycles. The lowest BCUT2D eigenvalue weighted by Gasteiger charge is -2.25. The minimum atomic E-state index is -0.966. The van der Waals surface area contributed by atoms with E-state index in [9.17, 15) is 9.90 Å². The predicted molar refractivity (Wildman–Crippen MR) is 75.6 cm³/mol. The van der Waals surface area contributed by atoms with E-state index in [-0.39, 0.29) is 11.7 Å². The zero-order valence-corrected chi connectivity index (χ0v) is 11.3. The van der Waals surface area contributed by atoms with E-state index in [2.05, 4.69) is 16.5 Å². The fourth-order valence-corrected chi connectivity index (χ4v) is 2.55. The molecule has 1 aromatic carbocycles. The fourth-order valence-electron chi connectivity index (χ4n) is 2.55. The molecule has 1 atom stereocenters. The predicted octanol–water partition coefficient (Wildman–Crippen LogP) is 2.48. The van der Waals surface area contributed by atoms with Gasteiger partial charge in [0, 0.05) is 6.07 Å². The summed E-state index contributed by atoms with van der Waals surface area (Å²) in [5, 5.41) is 16.4. The first-order valence-electron chi connectivity index (χ1n) is 6.39. The molecule has 1 aromatic heterocycles. The Kier molecular flexibility index (Phi) is 2.82. The first-order valence-corrected chi connectivity index (χ1v) is 6.39. The van der Waals surface area contributed by atoms with E-state index in [1.807, 2.05) is 26.0 Å². The number of fused-ring (bicyclic) bond motifs is 1. The van der Waals surface area contributed by atoms with Crippen molar-refractivity contribution in [3.05, 3.63) is 58.9 Å². The van der Waals surface area contributed by atoms with Gasteiger partial charge in [0.1, 0.15) is 17.6 Å². The Morgan fingerprint density at radius 1 is 1.35 bits per heavy atom. The topological polar surface area (TPSA) is 67.2 Å². The molecule has 0 radical (unpaired) electrons. The van der Waals surface area contributed by atoms with Crippen LogP contribution >= 0.6 is 0 Å². The summed E-state index contributed by atoms with van der Waals surface area (Å²) in [5.41, 5.74) is 3.55. The number of nitrogens with zero attached hydrogens (tertiary/aromatic N) is 2. The van der Waals surface area contributed by atoms with Crippen LogP contribution in [0, 0.1) is 13.8 Å². The summed E-state index contributed by atoms with van der Waals surface area (Å²) in [6.07, 6.45) is 3.36. The molecule has 5 nitrogen and oxygen atoms in total. The zero-order valence-electron chi connectivity index (χ0n) is 11.3. The van der Waals surface area contributed by atoms with Gasteiger partial charge in [-0.3, -0.25) is 0 Å². The second kappa shape index (κ2) is 4.52. The SMILES string of the molecule is Cc1ccc(C2C=C(C(=O)O)Nc3ccnn32)c(C)c1. The lowest BCUT2D eigenvalue weighted by Crippen LogP contribution is -2.24. The Morgan fingerprint density at radius 2 is 2.15 bits per heavy atom. The summed E-state index contributed by atoms with van der Waals surface area (Å²) >= 11 is 0. The molecular formula is C15H15N3O2. The lowest BCUT2D eigenvalue weighted by atomic mass is 9.97. The minimum absolute atomic E-state index is 0.183. The number of hydrogen-bond acceptors (Lipinski definition) is 3. The van der Waals surface area contributed by atoms with Crippen molar-refractivity contribution in [1.29, 1.82) is 0 Å². The highest BCUT2D eigenvalue weighted by Crippen LogP contribution is 2.31. The van der Waals surface area contributed by atoms with Crippen molar-refractivity contribution in [2.24, 2.45) is 0 Å². The highest BCUT2D eigenvalue weighted by Gasteiger charge is 2.25. The summed E-state index contributed by atoms with van der Waals surface area (Å²) in [6.45, 7) is 4.07. The average Bonchev–Trinajstić information content (AvgIpc) is 2.86. The number of carboxylic acids is 1. The molecule has 0 aliphatic carbocycles. The summed E-state index contributed by atoms with van der Waals surface area (Å²) in [4.78, 5) is 11.2. The molecule has 1 aliphatic heterocycles. The maximum atomic E-state index is 11.2. The van der Waals surface area contributed by atoms with Gasteiger partial charge in [0.2, 0.25) is 0 Å². The zero-order chi connectivity index (χ0) is 14.3. The van der Waals surface area contributed by atoms with E-state index >= 15 is 0 Å². The number of aliphatic carboxylic acids is 1. The molecule has 1 unspecified atom stereocenters. The first-order chi connectivity index (χ1) is 9.56. The van der Waals surface area contributed by atoms with Crippen LogP contribution in [0.4, 0.5) is 5.82 Å². The maximum absolute atomic E-state index is 11.2. The third-order valence-electron chi connectivity index (χ3n) is 3.50. The Labute approximate surface area is 116 Å². The molecule has 2 N–H and O–H groups in total. The van der Waals surface area contributed by atoms with Gasteiger partial charge in [-0.25, -0.2) is 9.48 Å². The number of carbonyl (C=O) groups is 1. The molecule has 5 heteroatoms. The third-order valence-corrected chi connectivity index (χ3v) is 3.50. The van der Waals surface area contributed by atoms with Crippen molar-refractivity contribution in [2.45, 2.75) is 19.9 Å². The Bertz CT molecular complexity index is 716. The third kappa shape index (κ3) is 1.97. The fraction of sp³-hybridized carbons (Fsp3) is 0.200. The van der Waals surface area contributed by atoms with Gasteiger partial charge in [0.25, 0.3) is 0 Å². The van der Waals surface area contributed by atoms with Gasteiger partial charge in [-0.05, 0) is 31.1 Å². The van der Waals surface area contributed by atoms with Gasteiger partial charge in [-0.2, -0.15) is 5.10 Å². The van der Waals surface area contributed by atoms with E-state index in [1.165, 1.54) is 5.56 Å². The standard InChI is InChI=1S/C15H15N3O2/c1-9-3-4-11(10(2)7-9)13-8-12(15(19)20)17-14-5-6-16-18(13)14/h3-8,13,17H,1-2H3,(H,19,20). The monoisotopic (exact) mass is 269 g/mol.